The van der Waals surface area contributed by atoms with Gasteiger partial charge in [-0.3, -0.25) is 4.98 Å². The topological polar surface area (TPSA) is 45.1 Å². The van der Waals surface area contributed by atoms with E-state index in [-0.39, 0.29) is 12.5 Å². The average Bonchev–Trinajstić information content (AvgIpc) is 2.54. The van der Waals surface area contributed by atoms with Crippen molar-refractivity contribution in [3.8, 4) is 0 Å². The van der Waals surface area contributed by atoms with Crippen molar-refractivity contribution in [3.05, 3.63) is 30.1 Å². The number of aliphatic hydroxyl groups is 1. The maximum Gasteiger partial charge on any atom is 0.0475 e. The Balaban J connectivity index is 1.69. The number of hydrogen-bond donors (Lipinski definition) is 2. The van der Waals surface area contributed by atoms with Crippen LogP contribution in [0.5, 0.6) is 0 Å². The number of aromatic nitrogens is 1. The SMILES string of the molecule is CCCC1CCC(NCC(CO)Cc2ccccn2)CC1. The van der Waals surface area contributed by atoms with E-state index in [4.69, 9.17) is 0 Å². The summed E-state index contributed by atoms with van der Waals surface area (Å²) in [6.45, 7) is 3.42. The molecule has 1 aliphatic rings. The van der Waals surface area contributed by atoms with Crippen LogP contribution in [0.4, 0.5) is 0 Å². The molecule has 1 unspecified atom stereocenters. The lowest BCUT2D eigenvalue weighted by atomic mass is 9.83. The second kappa shape index (κ2) is 9.16. The monoisotopic (exact) mass is 290 g/mol. The molecular formula is C18H30N2O. The van der Waals surface area contributed by atoms with Crippen molar-refractivity contribution in [2.75, 3.05) is 13.2 Å². The molecule has 0 bridgehead atoms. The molecule has 3 nitrogen and oxygen atoms in total. The third kappa shape index (κ3) is 5.76. The molecule has 0 spiro atoms. The first-order chi connectivity index (χ1) is 10.3. The van der Waals surface area contributed by atoms with Crippen LogP contribution >= 0.6 is 0 Å². The predicted octanol–water partition coefficient (Wildman–Crippen LogP) is 3.18. The van der Waals surface area contributed by atoms with Gasteiger partial charge in [-0.1, -0.05) is 25.8 Å². The number of rotatable bonds is 8. The number of nitrogens with one attached hydrogen (secondary N) is 1. The zero-order valence-electron chi connectivity index (χ0n) is 13.3. The lowest BCUT2D eigenvalue weighted by Crippen LogP contribution is -2.37. The Morgan fingerprint density at radius 1 is 1.29 bits per heavy atom. The summed E-state index contributed by atoms with van der Waals surface area (Å²) in [6, 6.07) is 6.64. The van der Waals surface area contributed by atoms with Crippen LogP contribution in [0, 0.1) is 11.8 Å². The van der Waals surface area contributed by atoms with Gasteiger partial charge < -0.3 is 10.4 Å². The Morgan fingerprint density at radius 3 is 2.71 bits per heavy atom. The molecule has 0 saturated heterocycles. The van der Waals surface area contributed by atoms with Gasteiger partial charge in [0, 0.05) is 31.1 Å². The average molecular weight is 290 g/mol. The van der Waals surface area contributed by atoms with Crippen molar-refractivity contribution in [1.82, 2.24) is 10.3 Å². The molecule has 0 radical (unpaired) electrons. The Hall–Kier alpha value is -0.930. The van der Waals surface area contributed by atoms with Crippen LogP contribution in [-0.2, 0) is 6.42 Å². The van der Waals surface area contributed by atoms with Crippen LogP contribution in [0.2, 0.25) is 0 Å². The lowest BCUT2D eigenvalue weighted by Gasteiger charge is -2.30. The van der Waals surface area contributed by atoms with Crippen LogP contribution in [0.3, 0.4) is 0 Å². The molecule has 1 aromatic heterocycles. The van der Waals surface area contributed by atoms with E-state index in [0.29, 0.717) is 6.04 Å². The zero-order chi connectivity index (χ0) is 14.9. The maximum atomic E-state index is 9.56. The van der Waals surface area contributed by atoms with E-state index in [0.717, 1.165) is 24.6 Å². The van der Waals surface area contributed by atoms with Gasteiger partial charge in [0.25, 0.3) is 0 Å². The minimum absolute atomic E-state index is 0.231. The Kier molecular flexibility index (Phi) is 7.17. The van der Waals surface area contributed by atoms with Gasteiger partial charge in [-0.25, -0.2) is 0 Å². The molecule has 1 aromatic rings. The molecule has 118 valence electrons. The summed E-state index contributed by atoms with van der Waals surface area (Å²) in [5.74, 6) is 1.23. The number of nitrogens with zero attached hydrogens (tertiary/aromatic N) is 1. The van der Waals surface area contributed by atoms with E-state index in [1.165, 1.54) is 38.5 Å². The molecule has 21 heavy (non-hydrogen) atoms. The molecular weight excluding hydrogens is 260 g/mol. The van der Waals surface area contributed by atoms with Crippen LogP contribution in [0.25, 0.3) is 0 Å². The fourth-order valence-corrected chi connectivity index (χ4v) is 3.41. The van der Waals surface area contributed by atoms with Crippen molar-refractivity contribution in [2.45, 2.75) is 57.9 Å². The van der Waals surface area contributed by atoms with Gasteiger partial charge in [0.15, 0.2) is 0 Å². The third-order valence-corrected chi connectivity index (χ3v) is 4.72. The van der Waals surface area contributed by atoms with Crippen LogP contribution < -0.4 is 5.32 Å². The molecule has 2 N–H and O–H groups in total. The van der Waals surface area contributed by atoms with Gasteiger partial charge in [0.1, 0.15) is 0 Å². The maximum absolute atomic E-state index is 9.56. The van der Waals surface area contributed by atoms with Gasteiger partial charge >= 0.3 is 0 Å². The van der Waals surface area contributed by atoms with E-state index in [9.17, 15) is 5.11 Å². The summed E-state index contributed by atoms with van der Waals surface area (Å²) in [4.78, 5) is 4.35. The number of hydrogen-bond acceptors (Lipinski definition) is 3. The quantitative estimate of drug-likeness (QED) is 0.773. The van der Waals surface area contributed by atoms with E-state index < -0.39 is 0 Å². The summed E-state index contributed by atoms with van der Waals surface area (Å²) in [6.07, 6.45) is 10.7. The highest BCUT2D eigenvalue weighted by atomic mass is 16.3. The number of pyridine rings is 1. The molecule has 1 heterocycles. The van der Waals surface area contributed by atoms with E-state index in [1.807, 2.05) is 24.4 Å². The molecule has 1 fully saturated rings. The Bertz CT molecular complexity index is 374. The molecule has 0 aliphatic heterocycles. The van der Waals surface area contributed by atoms with Crippen molar-refractivity contribution in [2.24, 2.45) is 11.8 Å². The van der Waals surface area contributed by atoms with Gasteiger partial charge in [0.05, 0.1) is 0 Å². The van der Waals surface area contributed by atoms with Gasteiger partial charge in [-0.05, 0) is 56.1 Å². The Morgan fingerprint density at radius 2 is 2.10 bits per heavy atom. The molecule has 1 saturated carbocycles. The molecule has 3 heteroatoms. The van der Waals surface area contributed by atoms with Gasteiger partial charge in [-0.15, -0.1) is 0 Å². The van der Waals surface area contributed by atoms with E-state index in [1.54, 1.807) is 0 Å². The van der Waals surface area contributed by atoms with Gasteiger partial charge in [0.2, 0.25) is 0 Å². The minimum atomic E-state index is 0.231. The molecule has 2 rings (SSSR count). The summed E-state index contributed by atoms with van der Waals surface area (Å²) in [5.41, 5.74) is 1.07. The second-order valence-electron chi connectivity index (χ2n) is 6.49. The van der Waals surface area contributed by atoms with Crippen molar-refractivity contribution in [1.29, 1.82) is 0 Å². The van der Waals surface area contributed by atoms with Crippen molar-refractivity contribution in [3.63, 3.8) is 0 Å². The molecule has 1 atom stereocenters. The summed E-state index contributed by atoms with van der Waals surface area (Å²) >= 11 is 0. The number of aliphatic hydroxyl groups excluding tert-OH is 1. The highest BCUT2D eigenvalue weighted by molar-refractivity contribution is 5.04. The molecule has 0 aromatic carbocycles. The smallest absolute Gasteiger partial charge is 0.0475 e. The summed E-state index contributed by atoms with van der Waals surface area (Å²) in [7, 11) is 0. The Labute approximate surface area is 129 Å². The minimum Gasteiger partial charge on any atom is -0.396 e. The largest absolute Gasteiger partial charge is 0.396 e. The molecule has 0 amide bonds. The van der Waals surface area contributed by atoms with Crippen molar-refractivity contribution >= 4 is 0 Å². The lowest BCUT2D eigenvalue weighted by molar-refractivity contribution is 0.206. The fraction of sp³-hybridized carbons (Fsp3) is 0.722. The first-order valence-electron chi connectivity index (χ1n) is 8.56. The third-order valence-electron chi connectivity index (χ3n) is 4.72. The normalized spacial score (nSPS) is 23.9. The van der Waals surface area contributed by atoms with Crippen LogP contribution in [0.15, 0.2) is 24.4 Å². The van der Waals surface area contributed by atoms with E-state index in [2.05, 4.69) is 17.2 Å². The second-order valence-corrected chi connectivity index (χ2v) is 6.49. The van der Waals surface area contributed by atoms with Crippen LogP contribution in [0.1, 0.15) is 51.1 Å². The standard InChI is InChI=1S/C18H30N2O/c1-2-5-15-7-9-17(10-8-15)20-13-16(14-21)12-18-6-3-4-11-19-18/h3-4,6,11,15-17,20-21H,2,5,7-10,12-14H2,1H3. The predicted molar refractivity (Wildman–Crippen MR) is 87.2 cm³/mol. The van der Waals surface area contributed by atoms with Crippen molar-refractivity contribution < 1.29 is 5.11 Å². The fourth-order valence-electron chi connectivity index (χ4n) is 3.41. The first-order valence-corrected chi connectivity index (χ1v) is 8.56. The summed E-state index contributed by atoms with van der Waals surface area (Å²) in [5, 5.41) is 13.2. The summed E-state index contributed by atoms with van der Waals surface area (Å²) < 4.78 is 0. The van der Waals surface area contributed by atoms with Gasteiger partial charge in [-0.2, -0.15) is 0 Å². The van der Waals surface area contributed by atoms with Crippen LogP contribution in [-0.4, -0.2) is 29.3 Å². The highest BCUT2D eigenvalue weighted by Gasteiger charge is 2.21. The highest BCUT2D eigenvalue weighted by Crippen LogP contribution is 2.27. The van der Waals surface area contributed by atoms with E-state index >= 15 is 0 Å². The first kappa shape index (κ1) is 16.4. The zero-order valence-corrected chi connectivity index (χ0v) is 13.3. The molecule has 1 aliphatic carbocycles.